The summed E-state index contributed by atoms with van der Waals surface area (Å²) in [6, 6.07) is 6.23. The fourth-order valence-corrected chi connectivity index (χ4v) is 4.36. The van der Waals surface area contributed by atoms with Gasteiger partial charge in [0.05, 0.1) is 49.7 Å². The number of aryl methyl sites for hydroxylation is 1. The Morgan fingerprint density at radius 2 is 1.74 bits per heavy atom. The van der Waals surface area contributed by atoms with E-state index in [1.54, 1.807) is 31.3 Å². The van der Waals surface area contributed by atoms with Crippen molar-refractivity contribution in [3.63, 3.8) is 0 Å². The molecule has 2 saturated heterocycles. The summed E-state index contributed by atoms with van der Waals surface area (Å²) in [6.45, 7) is 5.82. The van der Waals surface area contributed by atoms with E-state index in [-0.39, 0.29) is 29.6 Å². The lowest BCUT2D eigenvalue weighted by Gasteiger charge is -2.23. The summed E-state index contributed by atoms with van der Waals surface area (Å²) in [6.07, 6.45) is 0.160. The molecular weight excluding hydrogens is 458 g/mol. The number of alkyl halides is 2. The van der Waals surface area contributed by atoms with E-state index >= 15 is 0 Å². The average Bonchev–Trinajstić information content (AvgIpc) is 3.54. The van der Waals surface area contributed by atoms with E-state index in [4.69, 9.17) is 18.9 Å². The minimum Gasteiger partial charge on any atom is -0.487 e. The highest BCUT2D eigenvalue weighted by Crippen LogP contribution is 2.38. The SMILES string of the molecule is Cc1nc(N[C@H](C)c2cccc(C(F)F)c2O[C@H]2CCOC2)c2cc(O[C@H]3CCOC3)ncc2n1. The number of ether oxygens (including phenoxy) is 4. The van der Waals surface area contributed by atoms with Gasteiger partial charge in [0.1, 0.15) is 29.6 Å². The fourth-order valence-electron chi connectivity index (χ4n) is 4.36. The molecule has 2 aromatic heterocycles. The maximum atomic E-state index is 13.9. The molecule has 2 aliphatic rings. The molecule has 0 spiro atoms. The lowest BCUT2D eigenvalue weighted by molar-refractivity contribution is 0.123. The van der Waals surface area contributed by atoms with Gasteiger partial charge in [-0.2, -0.15) is 0 Å². The highest BCUT2D eigenvalue weighted by atomic mass is 19.3. The molecule has 10 heteroatoms. The van der Waals surface area contributed by atoms with Gasteiger partial charge in [-0.1, -0.05) is 12.1 Å². The molecule has 5 rings (SSSR count). The molecule has 8 nitrogen and oxygen atoms in total. The number of nitrogens with one attached hydrogen (secondary N) is 1. The second-order valence-corrected chi connectivity index (χ2v) is 8.80. The number of para-hydroxylation sites is 1. The topological polar surface area (TPSA) is 87.6 Å². The van der Waals surface area contributed by atoms with Gasteiger partial charge in [-0.3, -0.25) is 0 Å². The number of pyridine rings is 1. The quantitative estimate of drug-likeness (QED) is 0.487. The Morgan fingerprint density at radius 3 is 2.43 bits per heavy atom. The second kappa shape index (κ2) is 10.2. The number of benzene rings is 1. The van der Waals surface area contributed by atoms with Gasteiger partial charge in [0.2, 0.25) is 5.88 Å². The van der Waals surface area contributed by atoms with E-state index in [1.165, 1.54) is 6.07 Å². The molecule has 3 atom stereocenters. The van der Waals surface area contributed by atoms with Crippen molar-refractivity contribution in [3.8, 4) is 11.6 Å². The average molecular weight is 487 g/mol. The van der Waals surface area contributed by atoms with E-state index in [9.17, 15) is 8.78 Å². The monoisotopic (exact) mass is 486 g/mol. The zero-order valence-electron chi connectivity index (χ0n) is 19.7. The first kappa shape index (κ1) is 23.6. The smallest absolute Gasteiger partial charge is 0.267 e. The molecule has 3 aromatic rings. The van der Waals surface area contributed by atoms with E-state index in [0.29, 0.717) is 61.5 Å². The van der Waals surface area contributed by atoms with Crippen LogP contribution in [0.25, 0.3) is 10.9 Å². The molecule has 2 aliphatic heterocycles. The number of anilines is 1. The van der Waals surface area contributed by atoms with Gasteiger partial charge in [-0.05, 0) is 19.9 Å². The maximum absolute atomic E-state index is 13.9. The number of rotatable bonds is 8. The Bertz CT molecular complexity index is 1180. The molecule has 1 N–H and O–H groups in total. The summed E-state index contributed by atoms with van der Waals surface area (Å²) < 4.78 is 50.5. The fraction of sp³-hybridized carbons (Fsp3) is 0.480. The van der Waals surface area contributed by atoms with Gasteiger partial charge in [-0.15, -0.1) is 0 Å². The number of aromatic nitrogens is 3. The van der Waals surface area contributed by atoms with E-state index < -0.39 is 6.43 Å². The second-order valence-electron chi connectivity index (χ2n) is 8.80. The van der Waals surface area contributed by atoms with Crippen LogP contribution in [0.1, 0.15) is 49.2 Å². The zero-order chi connectivity index (χ0) is 24.4. The summed E-state index contributed by atoms with van der Waals surface area (Å²) >= 11 is 0. The van der Waals surface area contributed by atoms with Crippen molar-refractivity contribution in [1.29, 1.82) is 0 Å². The van der Waals surface area contributed by atoms with Crippen LogP contribution in [0.15, 0.2) is 30.5 Å². The minimum absolute atomic E-state index is 0.0435. The summed E-state index contributed by atoms with van der Waals surface area (Å²) in [5, 5.41) is 4.10. The standard InChI is InChI=1S/C25H28F2N4O4/c1-14(18-4-3-5-19(24(26)27)23(18)35-17-7-9-33-13-17)29-25-20-10-22(34-16-6-8-32-12-16)28-11-21(20)30-15(2)31-25/h3-5,10-11,14,16-17,24H,6-9,12-13H2,1-2H3,(H,29,30,31)/t14-,16+,17+/m1/s1. The first-order valence-electron chi connectivity index (χ1n) is 11.8. The Kier molecular flexibility index (Phi) is 6.92. The molecule has 4 heterocycles. The predicted octanol–water partition coefficient (Wildman–Crippen LogP) is 4.78. The maximum Gasteiger partial charge on any atom is 0.267 e. The van der Waals surface area contributed by atoms with Crippen molar-refractivity contribution in [1.82, 2.24) is 15.0 Å². The molecule has 0 amide bonds. The third-order valence-corrected chi connectivity index (χ3v) is 6.15. The third kappa shape index (κ3) is 5.28. The first-order chi connectivity index (χ1) is 17.0. The van der Waals surface area contributed by atoms with Gasteiger partial charge < -0.3 is 24.3 Å². The number of hydrogen-bond acceptors (Lipinski definition) is 8. The van der Waals surface area contributed by atoms with Crippen LogP contribution in [0.3, 0.4) is 0 Å². The molecule has 0 aliphatic carbocycles. The van der Waals surface area contributed by atoms with Crippen LogP contribution in [0.5, 0.6) is 11.6 Å². The van der Waals surface area contributed by atoms with Gasteiger partial charge in [0.25, 0.3) is 6.43 Å². The highest BCUT2D eigenvalue weighted by Gasteiger charge is 2.26. The summed E-state index contributed by atoms with van der Waals surface area (Å²) in [4.78, 5) is 13.5. The lowest BCUT2D eigenvalue weighted by atomic mass is 10.0. The Labute approximate surface area is 202 Å². The van der Waals surface area contributed by atoms with Gasteiger partial charge in [-0.25, -0.2) is 23.7 Å². The normalized spacial score (nSPS) is 20.9. The molecule has 0 radical (unpaired) electrons. The van der Waals surface area contributed by atoms with Crippen LogP contribution >= 0.6 is 0 Å². The number of fused-ring (bicyclic) bond motifs is 1. The van der Waals surface area contributed by atoms with Crippen molar-refractivity contribution >= 4 is 16.7 Å². The van der Waals surface area contributed by atoms with Crippen LogP contribution in [0.4, 0.5) is 14.6 Å². The summed E-state index contributed by atoms with van der Waals surface area (Å²) in [7, 11) is 0. The summed E-state index contributed by atoms with van der Waals surface area (Å²) in [5.41, 5.74) is 1.14. The summed E-state index contributed by atoms with van der Waals surface area (Å²) in [5.74, 6) is 1.78. The molecule has 186 valence electrons. The first-order valence-corrected chi connectivity index (χ1v) is 11.8. The molecule has 0 bridgehead atoms. The van der Waals surface area contributed by atoms with Crippen molar-refractivity contribution in [3.05, 3.63) is 47.4 Å². The van der Waals surface area contributed by atoms with Gasteiger partial charge >= 0.3 is 0 Å². The Balaban J connectivity index is 1.46. The minimum atomic E-state index is -2.66. The lowest BCUT2D eigenvalue weighted by Crippen LogP contribution is -2.20. The highest BCUT2D eigenvalue weighted by molar-refractivity contribution is 5.89. The van der Waals surface area contributed by atoms with Gasteiger partial charge in [0.15, 0.2) is 0 Å². The predicted molar refractivity (Wildman–Crippen MR) is 125 cm³/mol. The van der Waals surface area contributed by atoms with E-state index in [1.807, 2.05) is 6.92 Å². The van der Waals surface area contributed by atoms with Crippen molar-refractivity contribution in [2.24, 2.45) is 0 Å². The Hall–Kier alpha value is -3.11. The molecule has 35 heavy (non-hydrogen) atoms. The van der Waals surface area contributed by atoms with Crippen molar-refractivity contribution < 1.29 is 27.7 Å². The van der Waals surface area contributed by atoms with Crippen LogP contribution in [0, 0.1) is 6.92 Å². The van der Waals surface area contributed by atoms with Crippen LogP contribution < -0.4 is 14.8 Å². The van der Waals surface area contributed by atoms with Crippen molar-refractivity contribution in [2.75, 3.05) is 31.7 Å². The molecule has 2 fully saturated rings. The van der Waals surface area contributed by atoms with E-state index in [2.05, 4.69) is 20.3 Å². The molecule has 1 aromatic carbocycles. The zero-order valence-corrected chi connectivity index (χ0v) is 19.7. The third-order valence-electron chi connectivity index (χ3n) is 6.15. The largest absolute Gasteiger partial charge is 0.487 e. The van der Waals surface area contributed by atoms with E-state index in [0.717, 1.165) is 11.8 Å². The van der Waals surface area contributed by atoms with Crippen LogP contribution in [-0.2, 0) is 9.47 Å². The van der Waals surface area contributed by atoms with Crippen molar-refractivity contribution in [2.45, 2.75) is 51.4 Å². The van der Waals surface area contributed by atoms with Gasteiger partial charge in [0, 0.05) is 29.9 Å². The van der Waals surface area contributed by atoms with Crippen LogP contribution in [-0.4, -0.2) is 53.6 Å². The molecule has 0 saturated carbocycles. The van der Waals surface area contributed by atoms with Crippen LogP contribution in [0.2, 0.25) is 0 Å². The number of nitrogens with zero attached hydrogens (tertiary/aromatic N) is 3. The molecular formula is C25H28F2N4O4. The molecule has 0 unspecified atom stereocenters. The number of halogens is 2. The Morgan fingerprint density at radius 1 is 1.03 bits per heavy atom. The number of hydrogen-bond donors (Lipinski definition) is 1.